The molecule has 1 atom stereocenters. The van der Waals surface area contributed by atoms with Gasteiger partial charge in [-0.15, -0.1) is 0 Å². The molecule has 172 valence electrons. The van der Waals surface area contributed by atoms with E-state index in [0.29, 0.717) is 23.3 Å². The third kappa shape index (κ3) is 3.90. The van der Waals surface area contributed by atoms with E-state index in [0.717, 1.165) is 55.1 Å². The number of hydrogen-bond donors (Lipinski definition) is 1. The average Bonchev–Trinajstić information content (AvgIpc) is 3.12. The van der Waals surface area contributed by atoms with Crippen LogP contribution in [0, 0.1) is 6.92 Å². The summed E-state index contributed by atoms with van der Waals surface area (Å²) < 4.78 is 46.9. The second-order valence-corrected chi connectivity index (χ2v) is 8.03. The number of methoxy groups -OCH3 is 1. The zero-order chi connectivity index (χ0) is 23.0. The van der Waals surface area contributed by atoms with Crippen molar-refractivity contribution >= 4 is 16.7 Å². The molecule has 0 saturated carbocycles. The SMILES string of the molecule is CCNCCN1c2cc(C)nc3c(-c4ccc(C(F)(F)F)cc4OC)nn(c23)CC1CC. The van der Waals surface area contributed by atoms with Crippen LogP contribution in [0.15, 0.2) is 24.3 Å². The Bertz CT molecular complexity index is 1120. The zero-order valence-electron chi connectivity index (χ0n) is 18.8. The minimum Gasteiger partial charge on any atom is -0.496 e. The standard InChI is InChI=1S/C23H28F3N5O/c1-5-16-13-31-22-18(30(16)10-9-27-6-2)11-14(3)28-21(22)20(29-31)17-8-7-15(23(24,25)26)12-19(17)32-4/h7-8,11-12,16,27H,5-6,9-10,13H2,1-4H3. The molecule has 0 spiro atoms. The summed E-state index contributed by atoms with van der Waals surface area (Å²) in [5.74, 6) is 0.131. The molecule has 1 aliphatic heterocycles. The highest BCUT2D eigenvalue weighted by Crippen LogP contribution is 2.42. The van der Waals surface area contributed by atoms with Crippen LogP contribution < -0.4 is 15.0 Å². The molecule has 0 bridgehead atoms. The molecule has 1 N–H and O–H groups in total. The first-order valence-electron chi connectivity index (χ1n) is 10.9. The summed E-state index contributed by atoms with van der Waals surface area (Å²) >= 11 is 0. The molecule has 0 aliphatic carbocycles. The van der Waals surface area contributed by atoms with Gasteiger partial charge in [-0.25, -0.2) is 4.98 Å². The summed E-state index contributed by atoms with van der Waals surface area (Å²) in [6.07, 6.45) is -3.49. The number of aromatic nitrogens is 3. The van der Waals surface area contributed by atoms with Crippen molar-refractivity contribution in [2.45, 2.75) is 46.0 Å². The van der Waals surface area contributed by atoms with E-state index < -0.39 is 11.7 Å². The van der Waals surface area contributed by atoms with Crippen molar-refractivity contribution in [2.24, 2.45) is 0 Å². The topological polar surface area (TPSA) is 55.2 Å². The number of hydrogen-bond acceptors (Lipinski definition) is 5. The first-order valence-corrected chi connectivity index (χ1v) is 10.9. The molecule has 1 aliphatic rings. The van der Waals surface area contributed by atoms with Gasteiger partial charge in [0.15, 0.2) is 0 Å². The molecular formula is C23H28F3N5O. The van der Waals surface area contributed by atoms with Crippen molar-refractivity contribution in [1.29, 1.82) is 0 Å². The van der Waals surface area contributed by atoms with Crippen LogP contribution in [0.4, 0.5) is 18.9 Å². The molecule has 0 amide bonds. The molecule has 6 nitrogen and oxygen atoms in total. The fourth-order valence-corrected chi connectivity index (χ4v) is 4.41. The van der Waals surface area contributed by atoms with Gasteiger partial charge in [-0.3, -0.25) is 4.68 Å². The van der Waals surface area contributed by atoms with Crippen LogP contribution in [-0.2, 0) is 12.7 Å². The van der Waals surface area contributed by atoms with Crippen LogP contribution in [0.5, 0.6) is 5.75 Å². The van der Waals surface area contributed by atoms with Crippen LogP contribution in [0.25, 0.3) is 22.3 Å². The number of alkyl halides is 3. The third-order valence-corrected chi connectivity index (χ3v) is 5.97. The van der Waals surface area contributed by atoms with Gasteiger partial charge in [-0.1, -0.05) is 13.8 Å². The van der Waals surface area contributed by atoms with Gasteiger partial charge in [0, 0.05) is 30.4 Å². The molecule has 0 saturated heterocycles. The minimum absolute atomic E-state index is 0.131. The summed E-state index contributed by atoms with van der Waals surface area (Å²) in [7, 11) is 1.37. The van der Waals surface area contributed by atoms with Gasteiger partial charge in [0.25, 0.3) is 0 Å². The number of nitrogens with one attached hydrogen (secondary N) is 1. The van der Waals surface area contributed by atoms with E-state index in [1.807, 2.05) is 11.6 Å². The molecule has 9 heteroatoms. The van der Waals surface area contributed by atoms with Gasteiger partial charge >= 0.3 is 6.18 Å². The molecule has 0 radical (unpaired) electrons. The lowest BCUT2D eigenvalue weighted by Crippen LogP contribution is -2.44. The number of likely N-dealkylation sites (N-methyl/N-ethyl adjacent to an activating group) is 1. The Kier molecular flexibility index (Phi) is 6.03. The number of aryl methyl sites for hydroxylation is 1. The molecule has 1 aromatic carbocycles. The maximum absolute atomic E-state index is 13.2. The minimum atomic E-state index is -4.44. The van der Waals surface area contributed by atoms with Gasteiger partial charge in [-0.05, 0) is 44.2 Å². The maximum atomic E-state index is 13.2. The normalized spacial score (nSPS) is 16.1. The predicted molar refractivity (Wildman–Crippen MR) is 119 cm³/mol. The van der Waals surface area contributed by atoms with Crippen molar-refractivity contribution in [3.63, 3.8) is 0 Å². The Morgan fingerprint density at radius 3 is 2.66 bits per heavy atom. The smallest absolute Gasteiger partial charge is 0.416 e. The Labute approximate surface area is 185 Å². The highest BCUT2D eigenvalue weighted by molar-refractivity contribution is 5.99. The summed E-state index contributed by atoms with van der Waals surface area (Å²) in [5.41, 5.74) is 3.78. The number of pyridine rings is 1. The van der Waals surface area contributed by atoms with Gasteiger partial charge in [0.05, 0.1) is 24.9 Å². The van der Waals surface area contributed by atoms with E-state index in [-0.39, 0.29) is 11.8 Å². The van der Waals surface area contributed by atoms with Crippen LogP contribution >= 0.6 is 0 Å². The Hall–Kier alpha value is -2.81. The Balaban J connectivity index is 1.88. The third-order valence-electron chi connectivity index (χ3n) is 5.97. The summed E-state index contributed by atoms with van der Waals surface area (Å²) in [4.78, 5) is 7.14. The fraction of sp³-hybridized carbons (Fsp3) is 0.478. The molecule has 0 fully saturated rings. The molecule has 1 unspecified atom stereocenters. The molecule has 3 aromatic rings. The number of halogens is 3. The lowest BCUT2D eigenvalue weighted by Gasteiger charge is -2.37. The van der Waals surface area contributed by atoms with E-state index in [1.54, 1.807) is 0 Å². The van der Waals surface area contributed by atoms with E-state index in [4.69, 9.17) is 14.8 Å². The zero-order valence-corrected chi connectivity index (χ0v) is 18.8. The van der Waals surface area contributed by atoms with Crippen LogP contribution in [-0.4, -0.2) is 47.6 Å². The Morgan fingerprint density at radius 1 is 1.22 bits per heavy atom. The van der Waals surface area contributed by atoms with Gasteiger partial charge in [-0.2, -0.15) is 18.3 Å². The first kappa shape index (κ1) is 22.4. The van der Waals surface area contributed by atoms with E-state index in [9.17, 15) is 13.2 Å². The Morgan fingerprint density at radius 2 is 2.00 bits per heavy atom. The van der Waals surface area contributed by atoms with Crippen molar-refractivity contribution < 1.29 is 17.9 Å². The molecular weight excluding hydrogens is 419 g/mol. The predicted octanol–water partition coefficient (Wildman–Crippen LogP) is 4.64. The molecule has 3 heterocycles. The number of benzene rings is 1. The summed E-state index contributed by atoms with van der Waals surface area (Å²) in [6, 6.07) is 5.86. The van der Waals surface area contributed by atoms with Crippen LogP contribution in [0.3, 0.4) is 0 Å². The highest BCUT2D eigenvalue weighted by Gasteiger charge is 2.33. The van der Waals surface area contributed by atoms with Gasteiger partial charge < -0.3 is 15.0 Å². The highest BCUT2D eigenvalue weighted by atomic mass is 19.4. The molecule has 4 rings (SSSR count). The second-order valence-electron chi connectivity index (χ2n) is 8.03. The van der Waals surface area contributed by atoms with Gasteiger partial charge in [0.1, 0.15) is 22.5 Å². The van der Waals surface area contributed by atoms with E-state index >= 15 is 0 Å². The monoisotopic (exact) mass is 447 g/mol. The second kappa shape index (κ2) is 8.61. The van der Waals surface area contributed by atoms with Crippen molar-refractivity contribution in [3.05, 3.63) is 35.5 Å². The van der Waals surface area contributed by atoms with Crippen molar-refractivity contribution in [1.82, 2.24) is 20.1 Å². The molecule has 2 aromatic heterocycles. The van der Waals surface area contributed by atoms with Crippen LogP contribution in [0.1, 0.15) is 31.5 Å². The average molecular weight is 448 g/mol. The quantitative estimate of drug-likeness (QED) is 0.535. The fourth-order valence-electron chi connectivity index (χ4n) is 4.41. The lowest BCUT2D eigenvalue weighted by molar-refractivity contribution is -0.137. The number of ether oxygens (including phenoxy) is 1. The largest absolute Gasteiger partial charge is 0.496 e. The maximum Gasteiger partial charge on any atom is 0.416 e. The van der Waals surface area contributed by atoms with Crippen molar-refractivity contribution in [3.8, 4) is 17.0 Å². The van der Waals surface area contributed by atoms with Crippen LogP contribution in [0.2, 0.25) is 0 Å². The number of nitrogens with zero attached hydrogens (tertiary/aromatic N) is 4. The van der Waals surface area contributed by atoms with Crippen molar-refractivity contribution in [2.75, 3.05) is 31.6 Å². The van der Waals surface area contributed by atoms with E-state index in [2.05, 4.69) is 30.1 Å². The summed E-state index contributed by atoms with van der Waals surface area (Å²) in [5, 5.41) is 8.20. The summed E-state index contributed by atoms with van der Waals surface area (Å²) in [6.45, 7) is 9.49. The number of anilines is 1. The first-order chi connectivity index (χ1) is 15.3. The van der Waals surface area contributed by atoms with Gasteiger partial charge in [0.2, 0.25) is 0 Å². The van der Waals surface area contributed by atoms with E-state index in [1.165, 1.54) is 13.2 Å². The number of rotatable bonds is 7. The molecule has 32 heavy (non-hydrogen) atoms. The lowest BCUT2D eigenvalue weighted by atomic mass is 10.0.